The summed E-state index contributed by atoms with van der Waals surface area (Å²) in [5, 5.41) is 4.82. The van der Waals surface area contributed by atoms with Gasteiger partial charge in [-0.15, -0.1) is 0 Å². The second-order valence-corrected chi connectivity index (χ2v) is 7.65. The Labute approximate surface area is 174 Å². The van der Waals surface area contributed by atoms with Crippen molar-refractivity contribution in [2.24, 2.45) is 0 Å². The van der Waals surface area contributed by atoms with Crippen LogP contribution in [0.3, 0.4) is 0 Å². The van der Waals surface area contributed by atoms with Crippen LogP contribution in [0, 0.1) is 0 Å². The zero-order chi connectivity index (χ0) is 20.4. The predicted octanol–water partition coefficient (Wildman–Crippen LogP) is 6.80. The monoisotopic (exact) mass is 392 g/mol. The van der Waals surface area contributed by atoms with E-state index in [9.17, 15) is 0 Å². The largest absolute Gasteiger partial charge is 0.316 e. The summed E-state index contributed by atoms with van der Waals surface area (Å²) in [6, 6.07) is 23.3. The first-order chi connectivity index (χ1) is 13.5. The van der Waals surface area contributed by atoms with E-state index in [2.05, 4.69) is 80.8 Å². The molecule has 0 aliphatic rings. The summed E-state index contributed by atoms with van der Waals surface area (Å²) in [6.07, 6.45) is 7.09. The molecular formula is C26H31ClN+. The molecule has 0 amide bonds. The molecule has 0 aliphatic heterocycles. The molecule has 3 aromatic carbocycles. The first-order valence-electron chi connectivity index (χ1n) is 9.78. The van der Waals surface area contributed by atoms with Crippen LogP contribution in [-0.4, -0.2) is 7.05 Å². The van der Waals surface area contributed by atoms with Gasteiger partial charge in [-0.05, 0) is 47.2 Å². The van der Waals surface area contributed by atoms with Gasteiger partial charge < -0.3 is 5.32 Å². The molecule has 2 heteroatoms. The molecule has 0 aliphatic carbocycles. The molecule has 0 bridgehead atoms. The summed E-state index contributed by atoms with van der Waals surface area (Å²) in [5.41, 5.74) is 5.66. The molecule has 0 saturated heterocycles. The molecule has 0 unspecified atom stereocenters. The van der Waals surface area contributed by atoms with Crippen molar-refractivity contribution in [1.82, 2.24) is 0 Å². The molecule has 1 nitrogen and oxygen atoms in total. The molecule has 2 N–H and O–H groups in total. The van der Waals surface area contributed by atoms with Crippen molar-refractivity contribution in [2.75, 3.05) is 7.05 Å². The molecule has 3 aromatic rings. The number of benzene rings is 3. The maximum atomic E-state index is 5.70. The van der Waals surface area contributed by atoms with E-state index in [1.807, 2.05) is 37.3 Å². The van der Waals surface area contributed by atoms with Crippen LogP contribution in [0.5, 0.6) is 0 Å². The first-order valence-corrected chi connectivity index (χ1v) is 10.2. The third-order valence-electron chi connectivity index (χ3n) is 4.82. The van der Waals surface area contributed by atoms with Crippen LogP contribution in [-0.2, 0) is 5.41 Å². The quantitative estimate of drug-likeness (QED) is 0.459. The molecule has 146 valence electrons. The summed E-state index contributed by atoms with van der Waals surface area (Å²) in [7, 11) is 2.10. The zero-order valence-electron chi connectivity index (χ0n) is 17.3. The highest BCUT2D eigenvalue weighted by molar-refractivity contribution is 6.25. The number of quaternary nitrogens is 1. The lowest BCUT2D eigenvalue weighted by Crippen LogP contribution is -2.73. The number of allylic oxidation sites excluding steroid dienone is 2. The Hall–Kier alpha value is -2.35. The minimum absolute atomic E-state index is 0.0636. The van der Waals surface area contributed by atoms with E-state index in [0.717, 1.165) is 6.42 Å². The minimum Gasteiger partial charge on any atom is -0.316 e. The van der Waals surface area contributed by atoms with Gasteiger partial charge in [0.1, 0.15) is 5.69 Å². The van der Waals surface area contributed by atoms with Crippen molar-refractivity contribution < 1.29 is 5.32 Å². The van der Waals surface area contributed by atoms with Gasteiger partial charge in [-0.25, -0.2) is 0 Å². The highest BCUT2D eigenvalue weighted by Gasteiger charge is 2.26. The van der Waals surface area contributed by atoms with Crippen molar-refractivity contribution >= 4 is 34.1 Å². The van der Waals surface area contributed by atoms with Gasteiger partial charge in [0.25, 0.3) is 0 Å². The Kier molecular flexibility index (Phi) is 8.50. The molecule has 3 rings (SSSR count). The third kappa shape index (κ3) is 5.82. The summed E-state index contributed by atoms with van der Waals surface area (Å²) >= 11 is 5.70. The van der Waals surface area contributed by atoms with Crippen LogP contribution in [0.1, 0.15) is 38.3 Å². The van der Waals surface area contributed by atoms with E-state index < -0.39 is 0 Å². The fraction of sp³-hybridized carbons (Fsp3) is 0.231. The Morgan fingerprint density at radius 3 is 2.25 bits per heavy atom. The van der Waals surface area contributed by atoms with E-state index in [-0.39, 0.29) is 5.41 Å². The molecule has 0 saturated carbocycles. The second kappa shape index (κ2) is 10.8. The smallest absolute Gasteiger partial charge is 0.133 e. The lowest BCUT2D eigenvalue weighted by Gasteiger charge is -2.26. The predicted molar refractivity (Wildman–Crippen MR) is 125 cm³/mol. The van der Waals surface area contributed by atoms with Crippen molar-refractivity contribution in [3.63, 3.8) is 0 Å². The lowest BCUT2D eigenvalue weighted by atomic mass is 9.78. The van der Waals surface area contributed by atoms with Gasteiger partial charge in [0.2, 0.25) is 0 Å². The van der Waals surface area contributed by atoms with Crippen LogP contribution in [0.2, 0.25) is 0 Å². The first kappa shape index (κ1) is 21.9. The molecule has 0 aromatic heterocycles. The number of hydrogen-bond acceptors (Lipinski definition) is 0. The fourth-order valence-corrected chi connectivity index (χ4v) is 3.57. The Bertz CT molecular complexity index is 924. The maximum Gasteiger partial charge on any atom is 0.133 e. The summed E-state index contributed by atoms with van der Waals surface area (Å²) in [6.45, 7) is 6.57. The van der Waals surface area contributed by atoms with Gasteiger partial charge in [0, 0.05) is 11.1 Å². The normalized spacial score (nSPS) is 11.8. The van der Waals surface area contributed by atoms with Gasteiger partial charge in [-0.1, -0.05) is 98.3 Å². The Morgan fingerprint density at radius 2 is 1.61 bits per heavy atom. The Morgan fingerprint density at radius 1 is 0.929 bits per heavy atom. The fourth-order valence-electron chi connectivity index (χ4n) is 3.48. The van der Waals surface area contributed by atoms with Crippen molar-refractivity contribution in [2.45, 2.75) is 32.6 Å². The van der Waals surface area contributed by atoms with Crippen molar-refractivity contribution in [3.8, 4) is 0 Å². The van der Waals surface area contributed by atoms with E-state index >= 15 is 0 Å². The molecule has 0 heterocycles. The van der Waals surface area contributed by atoms with Crippen LogP contribution >= 0.6 is 11.6 Å². The number of hydrogen-bond donors (Lipinski definition) is 1. The van der Waals surface area contributed by atoms with Crippen LogP contribution < -0.4 is 5.32 Å². The van der Waals surface area contributed by atoms with E-state index in [1.165, 1.54) is 27.6 Å². The van der Waals surface area contributed by atoms with Gasteiger partial charge in [-0.3, -0.25) is 0 Å². The number of halogens is 1. The van der Waals surface area contributed by atoms with Gasteiger partial charge >= 0.3 is 0 Å². The number of fused-ring (bicyclic) bond motifs is 1. The highest BCUT2D eigenvalue weighted by Crippen LogP contribution is 2.37. The molecular weight excluding hydrogens is 362 g/mol. The average molecular weight is 393 g/mol. The summed E-state index contributed by atoms with van der Waals surface area (Å²) in [5.74, 6) is 0. The molecule has 0 spiro atoms. The topological polar surface area (TPSA) is 16.6 Å². The minimum atomic E-state index is 0.0636. The molecule has 0 atom stereocenters. The lowest BCUT2D eigenvalue weighted by molar-refractivity contribution is -0.540. The Balaban J connectivity index is 0.000000261. The zero-order valence-corrected chi connectivity index (χ0v) is 18.1. The maximum absolute atomic E-state index is 5.70. The standard InChI is InChI=1S/C17H20ClN.C9H10/c1-17(2,11-6-12-18)16-14-8-5-4-7-13(14)9-10-15(16)19-3;1-2-6-9-7-4-3-5-8-9/h4-10,12,19H,11H2,1-3H3;2-8H,1H3/p+1/b12-6+;6-2+. The van der Waals surface area contributed by atoms with E-state index in [4.69, 9.17) is 11.6 Å². The van der Waals surface area contributed by atoms with Crippen LogP contribution in [0.4, 0.5) is 5.69 Å². The third-order valence-corrected chi connectivity index (χ3v) is 5.00. The highest BCUT2D eigenvalue weighted by atomic mass is 35.5. The second-order valence-electron chi connectivity index (χ2n) is 7.40. The SMILES string of the molecule is C/C=C/c1ccccc1.C[NH2+]c1ccc2ccccc2c1C(C)(C)C/C=C/Cl. The molecule has 0 fully saturated rings. The average Bonchev–Trinajstić information content (AvgIpc) is 2.73. The number of nitrogens with two attached hydrogens (primary N) is 1. The van der Waals surface area contributed by atoms with Gasteiger partial charge in [0.15, 0.2) is 0 Å². The van der Waals surface area contributed by atoms with Crippen molar-refractivity contribution in [3.05, 3.63) is 95.5 Å². The van der Waals surface area contributed by atoms with E-state index in [0.29, 0.717) is 0 Å². The van der Waals surface area contributed by atoms with Crippen LogP contribution in [0.15, 0.2) is 84.4 Å². The summed E-state index contributed by atoms with van der Waals surface area (Å²) in [4.78, 5) is 0. The molecule has 28 heavy (non-hydrogen) atoms. The van der Waals surface area contributed by atoms with E-state index in [1.54, 1.807) is 5.54 Å². The van der Waals surface area contributed by atoms with Crippen LogP contribution in [0.25, 0.3) is 16.8 Å². The van der Waals surface area contributed by atoms with Gasteiger partial charge in [-0.2, -0.15) is 0 Å². The van der Waals surface area contributed by atoms with Gasteiger partial charge in [0.05, 0.1) is 7.05 Å². The molecule has 0 radical (unpaired) electrons. The van der Waals surface area contributed by atoms with Crippen molar-refractivity contribution in [1.29, 1.82) is 0 Å². The summed E-state index contributed by atoms with van der Waals surface area (Å²) < 4.78 is 0. The number of rotatable bonds is 5.